The van der Waals surface area contributed by atoms with Crippen LogP contribution in [0.4, 0.5) is 0 Å². The number of rotatable bonds is 42. The van der Waals surface area contributed by atoms with Crippen molar-refractivity contribution in [1.29, 1.82) is 0 Å². The first-order valence-corrected chi connectivity index (χ1v) is 23.9. The summed E-state index contributed by atoms with van der Waals surface area (Å²) in [5, 5.41) is 20.5. The number of aliphatic hydroxyl groups excluding tert-OH is 2. The summed E-state index contributed by atoms with van der Waals surface area (Å²) < 4.78 is 26.5. The summed E-state index contributed by atoms with van der Waals surface area (Å²) in [5.74, 6) is -0.885. The summed E-state index contributed by atoms with van der Waals surface area (Å²) >= 11 is 0. The van der Waals surface area contributed by atoms with Crippen LogP contribution in [0, 0.1) is 0 Å². The Morgan fingerprint density at radius 1 is 0.519 bits per heavy atom. The molecular formula is C42H85NO10P+2. The third kappa shape index (κ3) is 40.6. The Bertz CT molecular complexity index is 831. The van der Waals surface area contributed by atoms with Gasteiger partial charge in [0.2, 0.25) is 6.61 Å². The smallest absolute Gasteiger partial charge is 0.463 e. The molecule has 0 aromatic heterocycles. The highest BCUT2D eigenvalue weighted by molar-refractivity contribution is 7.46. The van der Waals surface area contributed by atoms with E-state index in [1.165, 1.54) is 141 Å². The highest BCUT2D eigenvalue weighted by atomic mass is 31.2. The van der Waals surface area contributed by atoms with Crippen molar-refractivity contribution in [3.8, 4) is 0 Å². The molecule has 0 bridgehead atoms. The van der Waals surface area contributed by atoms with Gasteiger partial charge in [0.05, 0.1) is 0 Å². The molecule has 0 aliphatic heterocycles. The quantitative estimate of drug-likeness (QED) is 0.0132. The van der Waals surface area contributed by atoms with Gasteiger partial charge in [-0.1, -0.05) is 198 Å². The fourth-order valence-corrected chi connectivity index (χ4v) is 7.26. The largest absolute Gasteiger partial charge is 0.574 e. The lowest BCUT2D eigenvalue weighted by atomic mass is 10.0. The maximum Gasteiger partial charge on any atom is 0.574 e. The van der Waals surface area contributed by atoms with Crippen LogP contribution in [0.5, 0.6) is 0 Å². The van der Waals surface area contributed by atoms with Gasteiger partial charge in [0.25, 0.3) is 0 Å². The van der Waals surface area contributed by atoms with Crippen molar-refractivity contribution in [2.45, 2.75) is 232 Å². The fourth-order valence-electron chi connectivity index (χ4n) is 6.77. The zero-order valence-corrected chi connectivity index (χ0v) is 35.7. The van der Waals surface area contributed by atoms with Gasteiger partial charge in [-0.3, -0.25) is 14.6 Å². The van der Waals surface area contributed by atoms with E-state index in [2.05, 4.69) is 13.8 Å². The van der Waals surface area contributed by atoms with Crippen LogP contribution in [0.15, 0.2) is 0 Å². The van der Waals surface area contributed by atoms with Gasteiger partial charge in [0.1, 0.15) is 32.2 Å². The molecule has 5 N–H and O–H groups in total. The molecule has 0 saturated carbocycles. The number of hydroxylamine groups is 2. The Balaban J connectivity index is 3.96. The molecule has 0 fully saturated rings. The van der Waals surface area contributed by atoms with E-state index < -0.39 is 32.0 Å². The Labute approximate surface area is 330 Å². The molecule has 1 radical (unpaired) electrons. The minimum Gasteiger partial charge on any atom is -0.463 e. The molecule has 0 heterocycles. The molecule has 2 atom stereocenters. The van der Waals surface area contributed by atoms with Gasteiger partial charge < -0.3 is 19.7 Å². The van der Waals surface area contributed by atoms with E-state index in [9.17, 15) is 34.2 Å². The topological polar surface area (TPSA) is 167 Å². The van der Waals surface area contributed by atoms with E-state index in [1.807, 2.05) is 0 Å². The molecular weight excluding hydrogens is 709 g/mol. The Hall–Kier alpha value is -1.07. The van der Waals surface area contributed by atoms with E-state index in [1.54, 1.807) is 0 Å². The Morgan fingerprint density at radius 3 is 1.15 bits per heavy atom. The summed E-state index contributed by atoms with van der Waals surface area (Å²) in [5.41, 5.74) is 0. The summed E-state index contributed by atoms with van der Waals surface area (Å²) in [6.45, 7) is 3.05. The monoisotopic (exact) mass is 795 g/mol. The van der Waals surface area contributed by atoms with Crippen LogP contribution in [0.2, 0.25) is 0 Å². The van der Waals surface area contributed by atoms with Crippen molar-refractivity contribution in [3.63, 3.8) is 0 Å². The number of quaternary nitrogens is 1. The van der Waals surface area contributed by atoms with E-state index in [0.717, 1.165) is 38.5 Å². The van der Waals surface area contributed by atoms with Gasteiger partial charge in [-0.15, -0.1) is 0 Å². The van der Waals surface area contributed by atoms with Gasteiger partial charge in [-0.25, -0.2) is 4.57 Å². The van der Waals surface area contributed by atoms with Gasteiger partial charge in [-0.05, 0) is 12.8 Å². The molecule has 0 spiro atoms. The van der Waals surface area contributed by atoms with E-state index >= 15 is 0 Å². The van der Waals surface area contributed by atoms with Crippen LogP contribution in [0.25, 0.3) is 0 Å². The van der Waals surface area contributed by atoms with Gasteiger partial charge in [0.15, 0.2) is 6.10 Å². The fraction of sp³-hybridized carbons (Fsp3) is 0.952. The lowest BCUT2D eigenvalue weighted by Crippen LogP contribution is -3.13. The number of ether oxygens (including phenoxy) is 2. The van der Waals surface area contributed by atoms with E-state index in [4.69, 9.17) is 14.1 Å². The van der Waals surface area contributed by atoms with Crippen LogP contribution < -0.4 is 5.06 Å². The van der Waals surface area contributed by atoms with Crippen LogP contribution in [-0.2, 0) is 28.3 Å². The summed E-state index contributed by atoms with van der Waals surface area (Å²) in [6.07, 6.45) is 34.9. The maximum absolute atomic E-state index is 12.2. The van der Waals surface area contributed by atoms with Crippen LogP contribution in [0.1, 0.15) is 219 Å². The summed E-state index contributed by atoms with van der Waals surface area (Å²) in [4.78, 5) is 42.9. The van der Waals surface area contributed by atoms with Gasteiger partial charge in [0, 0.05) is 11.2 Å². The standard InChI is InChI=1S/C42H84NO10P/c1-3-5-7-9-11-13-15-17-19-21-23-25-27-29-31-33-41(46)51-37-39(44)35-43(53-54(48,49)50)36-40(45)38-52-42(47)34-32-30-28-26-24-22-20-18-16-14-12-10-8-6-4-2/h39-40,44-45H,3-38H2,1-2H3,(H2,48,49,50)/q+1/p+1/t39-,40-/m0/s1. The molecule has 11 nitrogen and oxygen atoms in total. The predicted octanol–water partition coefficient (Wildman–Crippen LogP) is 9.23. The number of carbonyl (C=O) groups is 2. The molecule has 0 aromatic rings. The molecule has 0 saturated heterocycles. The number of hydrogen-bond acceptors (Lipinski definition) is 8. The van der Waals surface area contributed by atoms with Crippen LogP contribution in [0.3, 0.4) is 0 Å². The lowest BCUT2D eigenvalue weighted by molar-refractivity contribution is -1.07. The number of esters is 2. The normalized spacial score (nSPS) is 13.5. The Kier molecular flexibility index (Phi) is 38.0. The van der Waals surface area contributed by atoms with E-state index in [-0.39, 0.29) is 44.2 Å². The first-order chi connectivity index (χ1) is 26.1. The molecule has 0 aliphatic carbocycles. The second-order valence-corrected chi connectivity index (χ2v) is 16.8. The van der Waals surface area contributed by atoms with Crippen molar-refractivity contribution >= 4 is 19.8 Å². The molecule has 0 rings (SSSR count). The number of nitrogens with one attached hydrogen (secondary N) is 1. The minimum atomic E-state index is -4.97. The van der Waals surface area contributed by atoms with Crippen molar-refractivity contribution in [2.75, 3.05) is 26.3 Å². The second-order valence-electron chi connectivity index (χ2n) is 15.6. The van der Waals surface area contributed by atoms with E-state index in [0.29, 0.717) is 12.8 Å². The van der Waals surface area contributed by atoms with Gasteiger partial charge >= 0.3 is 19.8 Å². The molecule has 0 amide bonds. The average molecular weight is 795 g/mol. The van der Waals surface area contributed by atoms with Crippen molar-refractivity contribution in [2.24, 2.45) is 0 Å². The maximum atomic E-state index is 12.2. The molecule has 0 aromatic carbocycles. The van der Waals surface area contributed by atoms with Crippen LogP contribution in [-0.4, -0.2) is 70.4 Å². The number of phosphoric acid groups is 1. The first-order valence-electron chi connectivity index (χ1n) is 22.3. The van der Waals surface area contributed by atoms with Crippen molar-refractivity contribution in [3.05, 3.63) is 0 Å². The van der Waals surface area contributed by atoms with Gasteiger partial charge in [-0.2, -0.15) is 5.06 Å². The highest BCUT2D eigenvalue weighted by Gasteiger charge is 2.31. The Morgan fingerprint density at radius 2 is 0.815 bits per heavy atom. The molecule has 12 heteroatoms. The second kappa shape index (κ2) is 38.8. The summed E-state index contributed by atoms with van der Waals surface area (Å²) in [7, 11) is -4.97. The first kappa shape index (κ1) is 52.9. The number of carbonyl (C=O) groups excluding carboxylic acids is 2. The lowest BCUT2D eigenvalue weighted by Gasteiger charge is -2.21. The molecule has 0 unspecified atom stereocenters. The SMILES string of the molecule is CCCCCCCCCCCCCCCCCC(=O)OC[C@@H](O)C[NH+](C[C@H](O)COC(=[O+])CCCCCCCCCCCCCCCCC)OP(=O)(O)O. The zero-order valence-electron chi connectivity index (χ0n) is 34.8. The molecule has 54 heavy (non-hydrogen) atoms. The summed E-state index contributed by atoms with van der Waals surface area (Å²) in [6, 6.07) is 0. The zero-order chi connectivity index (χ0) is 40.0. The van der Waals surface area contributed by atoms with Crippen molar-refractivity contribution < 1.29 is 53.3 Å². The van der Waals surface area contributed by atoms with Crippen LogP contribution >= 0.6 is 7.82 Å². The third-order valence-electron chi connectivity index (χ3n) is 10.0. The minimum absolute atomic E-state index is 0.240. The average Bonchev–Trinajstić information content (AvgIpc) is 3.12. The molecule has 321 valence electrons. The number of unbranched alkanes of at least 4 members (excludes halogenated alkanes) is 28. The third-order valence-corrected chi connectivity index (χ3v) is 10.5. The number of aliphatic hydroxyl groups is 2. The predicted molar refractivity (Wildman–Crippen MR) is 217 cm³/mol. The number of hydrogen-bond donors (Lipinski definition) is 5. The van der Waals surface area contributed by atoms with Crippen molar-refractivity contribution in [1.82, 2.24) is 0 Å². The highest BCUT2D eigenvalue weighted by Crippen LogP contribution is 2.32. The molecule has 0 aliphatic rings.